The number of carbonyl (C=O) groups is 3. The molecule has 3 N–H and O–H groups in total. The molecule has 2 saturated heterocycles. The number of amides is 2. The molecule has 244 valence electrons. The van der Waals surface area contributed by atoms with Crippen LogP contribution in [0.25, 0.3) is 0 Å². The number of aliphatic hydroxyl groups excluding tert-OH is 1. The number of thioether (sulfide) groups is 1. The van der Waals surface area contributed by atoms with Gasteiger partial charge < -0.3 is 29.9 Å². The molecule has 3 aromatic rings. The van der Waals surface area contributed by atoms with Crippen molar-refractivity contribution >= 4 is 29.5 Å². The predicted octanol–water partition coefficient (Wildman–Crippen LogP) is 4.78. The third-order valence-corrected chi connectivity index (χ3v) is 8.94. The largest absolute Gasteiger partial charge is 0.478 e. The number of rotatable bonds is 10. The van der Waals surface area contributed by atoms with Crippen molar-refractivity contribution in [3.05, 3.63) is 94.7 Å². The van der Waals surface area contributed by atoms with Crippen LogP contribution in [0.15, 0.2) is 71.9 Å². The average molecular weight is 660 g/mol. The summed E-state index contributed by atoms with van der Waals surface area (Å²) in [6.07, 6.45) is -4.06. The molecule has 4 atom stereocenters. The number of aromatic nitrogens is 1. The first-order valence-electron chi connectivity index (χ1n) is 14.6. The normalized spacial score (nSPS) is 21.6. The molecular weight excluding hydrogens is 627 g/mol. The van der Waals surface area contributed by atoms with Crippen LogP contribution in [-0.2, 0) is 32.2 Å². The lowest BCUT2D eigenvalue weighted by atomic mass is 10.0. The Morgan fingerprint density at radius 2 is 1.70 bits per heavy atom. The first-order chi connectivity index (χ1) is 22.0. The predicted molar refractivity (Wildman–Crippen MR) is 159 cm³/mol. The molecule has 0 saturated carbocycles. The summed E-state index contributed by atoms with van der Waals surface area (Å²) in [5.74, 6) is -3.33. The van der Waals surface area contributed by atoms with Crippen LogP contribution in [0.5, 0.6) is 0 Å². The topological polar surface area (TPSA) is 138 Å². The van der Waals surface area contributed by atoms with Crippen LogP contribution in [0.1, 0.15) is 64.3 Å². The molecule has 2 aliphatic heterocycles. The van der Waals surface area contributed by atoms with Gasteiger partial charge in [-0.25, -0.2) is 9.78 Å². The van der Waals surface area contributed by atoms with Crippen LogP contribution >= 0.6 is 11.8 Å². The Labute approximate surface area is 266 Å². The fourth-order valence-corrected chi connectivity index (χ4v) is 6.41. The van der Waals surface area contributed by atoms with Crippen LogP contribution in [0.4, 0.5) is 13.2 Å². The van der Waals surface area contributed by atoms with Gasteiger partial charge in [-0.2, -0.15) is 13.2 Å². The Morgan fingerprint density at radius 1 is 1.00 bits per heavy atom. The van der Waals surface area contributed by atoms with Gasteiger partial charge in [-0.15, -0.1) is 11.8 Å². The highest BCUT2D eigenvalue weighted by molar-refractivity contribution is 7.99. The number of carbonyl (C=O) groups excluding carboxylic acids is 2. The first-order valence-corrected chi connectivity index (χ1v) is 15.6. The Hall–Kier alpha value is -3.98. The van der Waals surface area contributed by atoms with Gasteiger partial charge in [0, 0.05) is 37.0 Å². The molecular formula is C32H32F3N3O7S. The number of hydrogen-bond donors (Lipinski definition) is 3. The third-order valence-electron chi connectivity index (χ3n) is 7.80. The second kappa shape index (κ2) is 14.6. The molecule has 0 radical (unpaired) electrons. The van der Waals surface area contributed by atoms with E-state index in [1.807, 2.05) is 24.3 Å². The number of benzene rings is 2. The number of carboxylic acid groups (broad SMARTS) is 1. The van der Waals surface area contributed by atoms with Crippen LogP contribution in [0, 0.1) is 0 Å². The van der Waals surface area contributed by atoms with E-state index in [0.29, 0.717) is 39.6 Å². The average Bonchev–Trinajstić information content (AvgIpc) is 3.56. The summed E-state index contributed by atoms with van der Waals surface area (Å²) in [4.78, 5) is 40.9. The molecule has 2 aromatic carbocycles. The van der Waals surface area contributed by atoms with E-state index in [2.05, 4.69) is 10.3 Å². The molecule has 46 heavy (non-hydrogen) atoms. The molecule has 2 amide bonds. The van der Waals surface area contributed by atoms with Crippen molar-refractivity contribution in [3.63, 3.8) is 0 Å². The number of aliphatic hydroxyl groups is 1. The third kappa shape index (κ3) is 8.05. The van der Waals surface area contributed by atoms with Crippen molar-refractivity contribution in [2.75, 3.05) is 12.3 Å². The smallest absolute Gasteiger partial charge is 0.471 e. The standard InChI is InChI=1S/C32H32F3N3O7S/c33-32(34,35)31(43)38-14-2-4-25(38)27(40)37-16-19-5-11-22(12-6-19)30-44-23(18-46-28-24(29(41)42)3-1-13-36-28)15-26(45-30)21-9-7-20(17-39)8-10-21/h1,3,5-13,23,25-26,30,39H,2,4,14-18H2,(H,37,40)(H,41,42). The SMILES string of the molecule is O=C(O)c1cccnc1SCC1CC(c2ccc(CO)cc2)OC(c2ccc(CNC(=O)C3CCCN3C(=O)C(F)(F)F)cc2)O1. The summed E-state index contributed by atoms with van der Waals surface area (Å²) in [5.41, 5.74) is 3.10. The maximum Gasteiger partial charge on any atom is 0.471 e. The maximum absolute atomic E-state index is 12.9. The lowest BCUT2D eigenvalue weighted by molar-refractivity contribution is -0.245. The lowest BCUT2D eigenvalue weighted by Crippen LogP contribution is -2.50. The Morgan fingerprint density at radius 3 is 2.37 bits per heavy atom. The number of halogens is 3. The summed E-state index contributed by atoms with van der Waals surface area (Å²) in [6.45, 7) is -0.170. The monoisotopic (exact) mass is 659 g/mol. The number of alkyl halides is 3. The van der Waals surface area contributed by atoms with E-state index in [1.54, 1.807) is 30.3 Å². The van der Waals surface area contributed by atoms with Crippen molar-refractivity contribution < 1.29 is 47.2 Å². The molecule has 14 heteroatoms. The van der Waals surface area contributed by atoms with E-state index < -0.39 is 36.3 Å². The molecule has 0 spiro atoms. The fourth-order valence-electron chi connectivity index (χ4n) is 5.41. The van der Waals surface area contributed by atoms with Gasteiger partial charge in [0.2, 0.25) is 5.91 Å². The minimum atomic E-state index is -5.04. The van der Waals surface area contributed by atoms with Crippen molar-refractivity contribution in [3.8, 4) is 0 Å². The van der Waals surface area contributed by atoms with Gasteiger partial charge in [-0.3, -0.25) is 9.59 Å². The van der Waals surface area contributed by atoms with Gasteiger partial charge in [-0.1, -0.05) is 48.5 Å². The second-order valence-corrected chi connectivity index (χ2v) is 11.9. The molecule has 4 unspecified atom stereocenters. The number of carboxylic acids is 1. The highest BCUT2D eigenvalue weighted by atomic mass is 32.2. The van der Waals surface area contributed by atoms with Crippen LogP contribution in [-0.4, -0.2) is 68.5 Å². The molecule has 5 rings (SSSR count). The number of hydrogen-bond acceptors (Lipinski definition) is 8. The second-order valence-electron chi connectivity index (χ2n) is 10.9. The summed E-state index contributed by atoms with van der Waals surface area (Å²) in [5, 5.41) is 22.0. The molecule has 0 bridgehead atoms. The molecule has 2 aliphatic rings. The minimum absolute atomic E-state index is 0.0468. The molecule has 2 fully saturated rings. The van der Waals surface area contributed by atoms with Crippen molar-refractivity contribution in [2.45, 2.75) is 68.2 Å². The zero-order valence-corrected chi connectivity index (χ0v) is 25.3. The lowest BCUT2D eigenvalue weighted by Gasteiger charge is -2.36. The Bertz CT molecular complexity index is 1540. The summed E-state index contributed by atoms with van der Waals surface area (Å²) in [6, 6.07) is 16.3. The van der Waals surface area contributed by atoms with Crippen molar-refractivity contribution in [1.29, 1.82) is 0 Å². The van der Waals surface area contributed by atoms with Crippen LogP contribution in [0.3, 0.4) is 0 Å². The van der Waals surface area contributed by atoms with E-state index in [9.17, 15) is 37.8 Å². The number of nitrogens with zero attached hydrogens (tertiary/aromatic N) is 2. The van der Waals surface area contributed by atoms with Gasteiger partial charge in [0.1, 0.15) is 11.1 Å². The van der Waals surface area contributed by atoms with Gasteiger partial charge in [0.25, 0.3) is 0 Å². The van der Waals surface area contributed by atoms with Crippen LogP contribution < -0.4 is 5.32 Å². The van der Waals surface area contributed by atoms with E-state index in [-0.39, 0.29) is 43.9 Å². The molecule has 1 aromatic heterocycles. The maximum atomic E-state index is 12.9. The Balaban J connectivity index is 1.26. The van der Waals surface area contributed by atoms with Gasteiger partial charge in [-0.05, 0) is 41.7 Å². The number of aromatic carboxylic acids is 1. The summed E-state index contributed by atoms with van der Waals surface area (Å²) < 4.78 is 51.5. The zero-order chi connectivity index (χ0) is 32.8. The fraction of sp³-hybridized carbons (Fsp3) is 0.375. The molecule has 3 heterocycles. The highest BCUT2D eigenvalue weighted by Crippen LogP contribution is 2.39. The number of pyridine rings is 1. The molecule has 10 nitrogen and oxygen atoms in total. The van der Waals surface area contributed by atoms with Gasteiger partial charge in [0.05, 0.1) is 24.4 Å². The van der Waals surface area contributed by atoms with E-state index in [4.69, 9.17) is 9.47 Å². The zero-order valence-electron chi connectivity index (χ0n) is 24.5. The quantitative estimate of drug-likeness (QED) is 0.263. The van der Waals surface area contributed by atoms with Crippen LogP contribution in [0.2, 0.25) is 0 Å². The number of nitrogens with one attached hydrogen (secondary N) is 1. The van der Waals surface area contributed by atoms with E-state index in [0.717, 1.165) is 11.1 Å². The molecule has 0 aliphatic carbocycles. The first kappa shape index (κ1) is 33.4. The highest BCUT2D eigenvalue weighted by Gasteiger charge is 2.47. The van der Waals surface area contributed by atoms with Crippen molar-refractivity contribution in [2.24, 2.45) is 0 Å². The number of likely N-dealkylation sites (tertiary alicyclic amines) is 1. The summed E-state index contributed by atoms with van der Waals surface area (Å²) in [7, 11) is 0. The van der Waals surface area contributed by atoms with Gasteiger partial charge in [0.15, 0.2) is 6.29 Å². The number of ether oxygens (including phenoxy) is 2. The minimum Gasteiger partial charge on any atom is -0.478 e. The van der Waals surface area contributed by atoms with E-state index in [1.165, 1.54) is 24.0 Å². The van der Waals surface area contributed by atoms with Gasteiger partial charge >= 0.3 is 18.1 Å². The van der Waals surface area contributed by atoms with E-state index >= 15 is 0 Å². The van der Waals surface area contributed by atoms with Crippen molar-refractivity contribution in [1.82, 2.24) is 15.2 Å². The summed E-state index contributed by atoms with van der Waals surface area (Å²) >= 11 is 1.27. The Kier molecular flexibility index (Phi) is 10.6.